The van der Waals surface area contributed by atoms with Crippen molar-refractivity contribution in [2.24, 2.45) is 0 Å². The third kappa shape index (κ3) is 2.63. The smallest absolute Gasteiger partial charge is 0.339 e. The number of carbonyl (C=O) groups excluding carboxylic acids is 1. The maximum atomic E-state index is 12.1. The first-order chi connectivity index (χ1) is 8.96. The van der Waals surface area contributed by atoms with Crippen LogP contribution in [0, 0.1) is 0 Å². The average Bonchev–Trinajstić information content (AvgIpc) is 2.34. The van der Waals surface area contributed by atoms with Gasteiger partial charge in [0.05, 0.1) is 25.2 Å². The molecule has 1 aliphatic rings. The highest BCUT2D eigenvalue weighted by Crippen LogP contribution is 2.23. The number of sulfone groups is 1. The van der Waals surface area contributed by atoms with Gasteiger partial charge in [0.25, 0.3) is 0 Å². The molecule has 1 aliphatic heterocycles. The summed E-state index contributed by atoms with van der Waals surface area (Å²) in [5.41, 5.74) is 0.288. The quantitative estimate of drug-likeness (QED) is 0.788. The third-order valence-electron chi connectivity index (χ3n) is 3.00. The Kier molecular flexibility index (Phi) is 3.88. The summed E-state index contributed by atoms with van der Waals surface area (Å²) in [5, 5.41) is 9.09. The summed E-state index contributed by atoms with van der Waals surface area (Å²) >= 11 is 0. The van der Waals surface area contributed by atoms with E-state index >= 15 is 0 Å². The number of rotatable bonds is 4. The number of carbonyl (C=O) groups is 1. The molecule has 0 spiro atoms. The summed E-state index contributed by atoms with van der Waals surface area (Å²) < 4.78 is 33.4. The van der Waals surface area contributed by atoms with Gasteiger partial charge in [-0.1, -0.05) is 12.1 Å². The van der Waals surface area contributed by atoms with Gasteiger partial charge in [-0.15, -0.1) is 0 Å². The Bertz CT molecular complexity index is 558. The summed E-state index contributed by atoms with van der Waals surface area (Å²) in [6.45, 7) is 0.406. The Morgan fingerprint density at radius 3 is 2.37 bits per heavy atom. The number of methoxy groups -OCH3 is 1. The van der Waals surface area contributed by atoms with Crippen molar-refractivity contribution in [1.82, 2.24) is 0 Å². The van der Waals surface area contributed by atoms with Crippen molar-refractivity contribution in [3.63, 3.8) is 0 Å². The monoisotopic (exact) mass is 286 g/mol. The molecule has 2 rings (SSSR count). The summed E-state index contributed by atoms with van der Waals surface area (Å²) in [7, 11) is -2.23. The topological polar surface area (TPSA) is 89.9 Å². The first-order valence-corrected chi connectivity index (χ1v) is 7.19. The zero-order chi connectivity index (χ0) is 14.0. The van der Waals surface area contributed by atoms with Gasteiger partial charge in [-0.2, -0.15) is 0 Å². The van der Waals surface area contributed by atoms with Crippen LogP contribution in [0.2, 0.25) is 0 Å². The fourth-order valence-corrected chi connectivity index (χ4v) is 3.12. The van der Waals surface area contributed by atoms with Crippen molar-refractivity contribution in [3.05, 3.63) is 29.8 Å². The van der Waals surface area contributed by atoms with Gasteiger partial charge >= 0.3 is 5.97 Å². The number of aliphatic hydroxyl groups is 1. The van der Waals surface area contributed by atoms with E-state index in [9.17, 15) is 18.3 Å². The summed E-state index contributed by atoms with van der Waals surface area (Å²) in [5.74, 6) is -0.789. The van der Waals surface area contributed by atoms with E-state index in [1.807, 2.05) is 0 Å². The van der Waals surface area contributed by atoms with Crippen LogP contribution < -0.4 is 0 Å². The molecule has 1 aromatic carbocycles. The van der Waals surface area contributed by atoms with Crippen molar-refractivity contribution in [1.29, 1.82) is 0 Å². The molecule has 1 fully saturated rings. The molecule has 0 bridgehead atoms. The molecule has 1 atom stereocenters. The van der Waals surface area contributed by atoms with E-state index in [1.54, 1.807) is 0 Å². The van der Waals surface area contributed by atoms with Gasteiger partial charge in [0.2, 0.25) is 0 Å². The van der Waals surface area contributed by atoms with Crippen LogP contribution in [0.15, 0.2) is 29.2 Å². The van der Waals surface area contributed by atoms with Crippen molar-refractivity contribution >= 4 is 15.8 Å². The molecule has 1 heterocycles. The Morgan fingerprint density at radius 1 is 1.37 bits per heavy atom. The molecule has 0 aliphatic carbocycles. The fourth-order valence-electron chi connectivity index (χ4n) is 1.67. The van der Waals surface area contributed by atoms with Crippen molar-refractivity contribution < 1.29 is 27.8 Å². The molecule has 1 unspecified atom stereocenters. The second-order valence-corrected chi connectivity index (χ2v) is 6.43. The minimum absolute atomic E-state index is 0.154. The molecule has 7 heteroatoms. The van der Waals surface area contributed by atoms with E-state index in [0.29, 0.717) is 0 Å². The second kappa shape index (κ2) is 5.28. The van der Waals surface area contributed by atoms with Crippen LogP contribution in [0.25, 0.3) is 0 Å². The van der Waals surface area contributed by atoms with Gasteiger partial charge in [-0.05, 0) is 17.7 Å². The first kappa shape index (κ1) is 14.0. The molecule has 19 heavy (non-hydrogen) atoms. The molecule has 104 valence electrons. The lowest BCUT2D eigenvalue weighted by molar-refractivity contribution is -0.150. The summed E-state index contributed by atoms with van der Waals surface area (Å²) in [4.78, 5) is 11.3. The molecule has 0 aromatic heterocycles. The van der Waals surface area contributed by atoms with E-state index in [2.05, 4.69) is 4.74 Å². The van der Waals surface area contributed by atoms with Crippen LogP contribution in [0.3, 0.4) is 0 Å². The molecule has 1 N–H and O–H groups in total. The third-order valence-corrected chi connectivity index (χ3v) is 5.07. The van der Waals surface area contributed by atoms with Gasteiger partial charge in [0.1, 0.15) is 5.25 Å². The standard InChI is InChI=1S/C12H14O6S/c1-17-12(14)11(13)8-2-4-9(5-3-8)19(15,16)10-6-18-7-10/h2-5,10-11,13H,6-7H2,1H3. The molecule has 1 aromatic rings. The highest BCUT2D eigenvalue weighted by molar-refractivity contribution is 7.92. The van der Waals surface area contributed by atoms with Gasteiger partial charge in [-0.3, -0.25) is 0 Å². The van der Waals surface area contributed by atoms with Crippen LogP contribution in [0.5, 0.6) is 0 Å². The van der Waals surface area contributed by atoms with Crippen LogP contribution in [0.1, 0.15) is 11.7 Å². The molecule has 0 amide bonds. The van der Waals surface area contributed by atoms with E-state index in [-0.39, 0.29) is 23.7 Å². The summed E-state index contributed by atoms with van der Waals surface area (Å²) in [6.07, 6.45) is -1.41. The fraction of sp³-hybridized carbons (Fsp3) is 0.417. The predicted molar refractivity (Wildman–Crippen MR) is 65.2 cm³/mol. The molecule has 0 saturated carbocycles. The Balaban J connectivity index is 2.21. The SMILES string of the molecule is COC(=O)C(O)c1ccc(S(=O)(=O)C2COC2)cc1. The van der Waals surface area contributed by atoms with Gasteiger partial charge in [0, 0.05) is 0 Å². The normalized spacial score (nSPS) is 17.6. The van der Waals surface area contributed by atoms with Crippen molar-refractivity contribution in [2.75, 3.05) is 20.3 Å². The second-order valence-electron chi connectivity index (χ2n) is 4.20. The number of ether oxygens (including phenoxy) is 2. The first-order valence-electron chi connectivity index (χ1n) is 5.64. The molecular formula is C12H14O6S. The minimum Gasteiger partial charge on any atom is -0.467 e. The lowest BCUT2D eigenvalue weighted by atomic mass is 10.1. The maximum Gasteiger partial charge on any atom is 0.339 e. The van der Waals surface area contributed by atoms with E-state index in [4.69, 9.17) is 4.74 Å². The number of hydrogen-bond donors (Lipinski definition) is 1. The Hall–Kier alpha value is -1.44. The molecule has 6 nitrogen and oxygen atoms in total. The average molecular weight is 286 g/mol. The van der Waals surface area contributed by atoms with Crippen LogP contribution >= 0.6 is 0 Å². The number of benzene rings is 1. The van der Waals surface area contributed by atoms with Crippen LogP contribution in [-0.2, 0) is 24.1 Å². The lowest BCUT2D eigenvalue weighted by Gasteiger charge is -2.25. The van der Waals surface area contributed by atoms with E-state index in [1.165, 1.54) is 31.4 Å². The lowest BCUT2D eigenvalue weighted by Crippen LogP contribution is -2.40. The van der Waals surface area contributed by atoms with Crippen LogP contribution in [0.4, 0.5) is 0 Å². The van der Waals surface area contributed by atoms with Gasteiger partial charge < -0.3 is 14.6 Å². The maximum absolute atomic E-state index is 12.1. The predicted octanol–water partition coefficient (Wildman–Crippen LogP) is 0.0655. The Labute approximate surface area is 110 Å². The highest BCUT2D eigenvalue weighted by atomic mass is 32.2. The number of esters is 1. The number of hydrogen-bond acceptors (Lipinski definition) is 6. The van der Waals surface area contributed by atoms with E-state index < -0.39 is 27.2 Å². The molecular weight excluding hydrogens is 272 g/mol. The van der Waals surface area contributed by atoms with Crippen molar-refractivity contribution in [2.45, 2.75) is 16.2 Å². The molecule has 1 saturated heterocycles. The zero-order valence-corrected chi connectivity index (χ0v) is 11.1. The van der Waals surface area contributed by atoms with Gasteiger partial charge in [-0.25, -0.2) is 13.2 Å². The zero-order valence-electron chi connectivity index (χ0n) is 10.3. The largest absolute Gasteiger partial charge is 0.467 e. The van der Waals surface area contributed by atoms with E-state index in [0.717, 1.165) is 0 Å². The molecule has 0 radical (unpaired) electrons. The van der Waals surface area contributed by atoms with Gasteiger partial charge in [0.15, 0.2) is 15.9 Å². The summed E-state index contributed by atoms with van der Waals surface area (Å²) in [6, 6.07) is 5.53. The van der Waals surface area contributed by atoms with Crippen LogP contribution in [-0.4, -0.2) is 45.1 Å². The Morgan fingerprint density at radius 2 is 1.95 bits per heavy atom. The van der Waals surface area contributed by atoms with Crippen molar-refractivity contribution in [3.8, 4) is 0 Å². The highest BCUT2D eigenvalue weighted by Gasteiger charge is 2.34. The number of aliphatic hydroxyl groups excluding tert-OH is 1. The minimum atomic E-state index is -3.39.